The molecule has 0 saturated carbocycles. The highest BCUT2D eigenvalue weighted by atomic mass is 19.4. The zero-order valence-electron chi connectivity index (χ0n) is 10.2. The Labute approximate surface area is 108 Å². The van der Waals surface area contributed by atoms with Crippen molar-refractivity contribution in [3.05, 3.63) is 30.2 Å². The van der Waals surface area contributed by atoms with Crippen LogP contribution in [0.2, 0.25) is 0 Å². The van der Waals surface area contributed by atoms with E-state index >= 15 is 0 Å². The fourth-order valence-electron chi connectivity index (χ4n) is 2.09. The fraction of sp³-hybridized carbons (Fsp3) is 0.462. The zero-order valence-corrected chi connectivity index (χ0v) is 10.2. The van der Waals surface area contributed by atoms with E-state index in [9.17, 15) is 18.0 Å². The van der Waals surface area contributed by atoms with Gasteiger partial charge in [-0.3, -0.25) is 4.79 Å². The summed E-state index contributed by atoms with van der Waals surface area (Å²) in [5.41, 5.74) is 0. The van der Waals surface area contributed by atoms with E-state index in [-0.39, 0.29) is 13.0 Å². The lowest BCUT2D eigenvalue weighted by molar-refractivity contribution is -0.187. The third kappa shape index (κ3) is 3.62. The number of hydrogen-bond acceptors (Lipinski definition) is 2. The Balaban J connectivity index is 1.96. The number of carbonyl (C=O) groups excluding carboxylic acids is 1. The van der Waals surface area contributed by atoms with E-state index in [4.69, 9.17) is 4.42 Å². The van der Waals surface area contributed by atoms with E-state index in [1.54, 1.807) is 12.1 Å². The molecule has 0 aromatic carbocycles. The van der Waals surface area contributed by atoms with Gasteiger partial charge in [-0.25, -0.2) is 0 Å². The molecule has 1 aliphatic rings. The Bertz CT molecular complexity index is 451. The van der Waals surface area contributed by atoms with E-state index in [2.05, 4.69) is 0 Å². The number of hydrogen-bond donors (Lipinski definition) is 0. The number of alkyl halides is 3. The smallest absolute Gasteiger partial charge is 0.393 e. The van der Waals surface area contributed by atoms with Crippen LogP contribution in [-0.2, 0) is 4.79 Å². The lowest BCUT2D eigenvalue weighted by Gasteiger charge is -2.33. The number of furan rings is 1. The summed E-state index contributed by atoms with van der Waals surface area (Å²) in [4.78, 5) is 13.0. The molecule has 6 heteroatoms. The van der Waals surface area contributed by atoms with Gasteiger partial charge in [-0.05, 0) is 31.1 Å². The van der Waals surface area contributed by atoms with Crippen LogP contribution in [0, 0.1) is 5.92 Å². The normalized spacial score (nSPS) is 21.0. The van der Waals surface area contributed by atoms with Crippen LogP contribution < -0.4 is 0 Å². The minimum absolute atomic E-state index is 0.0924. The van der Waals surface area contributed by atoms with Gasteiger partial charge in [0.05, 0.1) is 12.2 Å². The largest absolute Gasteiger partial charge is 0.465 e. The monoisotopic (exact) mass is 273 g/mol. The maximum Gasteiger partial charge on any atom is 0.393 e. The molecule has 19 heavy (non-hydrogen) atoms. The Kier molecular flexibility index (Phi) is 3.97. The quantitative estimate of drug-likeness (QED) is 0.776. The van der Waals surface area contributed by atoms with Gasteiger partial charge in [0.2, 0.25) is 5.91 Å². The lowest BCUT2D eigenvalue weighted by atomic mass is 9.97. The molecule has 0 radical (unpaired) electrons. The van der Waals surface area contributed by atoms with E-state index in [0.29, 0.717) is 18.7 Å². The van der Waals surface area contributed by atoms with Gasteiger partial charge in [0.25, 0.3) is 0 Å². The maximum absolute atomic E-state index is 12.6. The minimum atomic E-state index is -4.23. The Morgan fingerprint density at radius 2 is 2.26 bits per heavy atom. The number of piperidine rings is 1. The summed E-state index contributed by atoms with van der Waals surface area (Å²) in [7, 11) is 0. The molecule has 104 valence electrons. The third-order valence-electron chi connectivity index (χ3n) is 3.13. The van der Waals surface area contributed by atoms with Crippen LogP contribution in [-0.4, -0.2) is 30.1 Å². The second-order valence-electron chi connectivity index (χ2n) is 4.51. The van der Waals surface area contributed by atoms with Crippen molar-refractivity contribution in [2.24, 2.45) is 5.92 Å². The Morgan fingerprint density at radius 1 is 1.47 bits per heavy atom. The highest BCUT2D eigenvalue weighted by molar-refractivity contribution is 5.91. The molecule has 2 rings (SSSR count). The van der Waals surface area contributed by atoms with Gasteiger partial charge in [0, 0.05) is 19.2 Å². The van der Waals surface area contributed by atoms with Gasteiger partial charge >= 0.3 is 6.18 Å². The first kappa shape index (κ1) is 13.7. The van der Waals surface area contributed by atoms with Gasteiger partial charge < -0.3 is 9.32 Å². The number of likely N-dealkylation sites (tertiary alicyclic amines) is 1. The van der Waals surface area contributed by atoms with Crippen LogP contribution in [0.3, 0.4) is 0 Å². The summed E-state index contributed by atoms with van der Waals surface area (Å²) in [6, 6.07) is 3.34. The van der Waals surface area contributed by atoms with Crippen LogP contribution in [0.1, 0.15) is 18.6 Å². The molecule has 1 aliphatic heterocycles. The van der Waals surface area contributed by atoms with Crippen molar-refractivity contribution in [3.8, 4) is 0 Å². The van der Waals surface area contributed by atoms with Crippen molar-refractivity contribution < 1.29 is 22.4 Å². The predicted molar refractivity (Wildman–Crippen MR) is 63.1 cm³/mol. The summed E-state index contributed by atoms with van der Waals surface area (Å²) in [5.74, 6) is -1.33. The molecule has 0 aliphatic carbocycles. The first-order valence-corrected chi connectivity index (χ1v) is 6.04. The summed E-state index contributed by atoms with van der Waals surface area (Å²) in [6.07, 6.45) is 0.408. The molecule has 0 N–H and O–H groups in total. The number of carbonyl (C=O) groups is 1. The van der Waals surface area contributed by atoms with Crippen LogP contribution in [0.25, 0.3) is 6.08 Å². The zero-order chi connectivity index (χ0) is 13.9. The Hall–Kier alpha value is -1.72. The van der Waals surface area contributed by atoms with Crippen molar-refractivity contribution >= 4 is 12.0 Å². The maximum atomic E-state index is 12.6. The molecule has 1 fully saturated rings. The molecule has 1 saturated heterocycles. The molecule has 0 bridgehead atoms. The molecule has 1 amide bonds. The number of halogens is 3. The van der Waals surface area contributed by atoms with Crippen molar-refractivity contribution in [1.82, 2.24) is 4.90 Å². The molecule has 1 atom stereocenters. The second-order valence-corrected chi connectivity index (χ2v) is 4.51. The highest BCUT2D eigenvalue weighted by Crippen LogP contribution is 2.33. The van der Waals surface area contributed by atoms with Crippen LogP contribution in [0.15, 0.2) is 28.9 Å². The third-order valence-corrected chi connectivity index (χ3v) is 3.13. The Morgan fingerprint density at radius 3 is 2.89 bits per heavy atom. The van der Waals surface area contributed by atoms with Gasteiger partial charge in [-0.1, -0.05) is 0 Å². The highest BCUT2D eigenvalue weighted by Gasteiger charge is 2.42. The number of nitrogens with zero attached hydrogens (tertiary/aromatic N) is 1. The lowest BCUT2D eigenvalue weighted by Crippen LogP contribution is -2.44. The molecular weight excluding hydrogens is 259 g/mol. The van der Waals surface area contributed by atoms with Crippen LogP contribution in [0.4, 0.5) is 13.2 Å². The molecule has 0 spiro atoms. The molecule has 1 aromatic rings. The molecule has 3 nitrogen and oxygen atoms in total. The summed E-state index contributed by atoms with van der Waals surface area (Å²) < 4.78 is 42.9. The van der Waals surface area contributed by atoms with Crippen molar-refractivity contribution in [1.29, 1.82) is 0 Å². The summed E-state index contributed by atoms with van der Waals surface area (Å²) >= 11 is 0. The van der Waals surface area contributed by atoms with Crippen molar-refractivity contribution in [2.45, 2.75) is 19.0 Å². The average Bonchev–Trinajstić information content (AvgIpc) is 2.88. The fourth-order valence-corrected chi connectivity index (χ4v) is 2.09. The van der Waals surface area contributed by atoms with Crippen LogP contribution >= 0.6 is 0 Å². The van der Waals surface area contributed by atoms with Gasteiger partial charge in [-0.15, -0.1) is 0 Å². The van der Waals surface area contributed by atoms with E-state index in [1.165, 1.54) is 23.3 Å². The first-order valence-electron chi connectivity index (χ1n) is 6.04. The van der Waals surface area contributed by atoms with E-state index in [1.807, 2.05) is 0 Å². The topological polar surface area (TPSA) is 33.5 Å². The average molecular weight is 273 g/mol. The molecule has 0 unspecified atom stereocenters. The summed E-state index contributed by atoms with van der Waals surface area (Å²) in [5, 5.41) is 0. The van der Waals surface area contributed by atoms with E-state index in [0.717, 1.165) is 0 Å². The minimum Gasteiger partial charge on any atom is -0.465 e. The second kappa shape index (κ2) is 5.50. The number of rotatable bonds is 2. The summed E-state index contributed by atoms with van der Waals surface area (Å²) in [6.45, 7) is 0.110. The van der Waals surface area contributed by atoms with Crippen LogP contribution in [0.5, 0.6) is 0 Å². The number of amides is 1. The SMILES string of the molecule is O=C(/C=C\c1ccco1)N1CCC[C@@H](C(F)(F)F)C1. The molecule has 2 heterocycles. The van der Waals surface area contributed by atoms with Gasteiger partial charge in [0.15, 0.2) is 0 Å². The van der Waals surface area contributed by atoms with Crippen molar-refractivity contribution in [3.63, 3.8) is 0 Å². The first-order chi connectivity index (χ1) is 8.97. The van der Waals surface area contributed by atoms with E-state index < -0.39 is 18.0 Å². The standard InChI is InChI=1S/C13H14F3NO2/c14-13(15,16)10-3-1-7-17(9-10)12(18)6-5-11-4-2-8-19-11/h2,4-6,8,10H,1,3,7,9H2/b6-5-/t10-/m1/s1. The van der Waals surface area contributed by atoms with Gasteiger partial charge in [0.1, 0.15) is 5.76 Å². The van der Waals surface area contributed by atoms with Crippen molar-refractivity contribution in [2.75, 3.05) is 13.1 Å². The van der Waals surface area contributed by atoms with Gasteiger partial charge in [-0.2, -0.15) is 13.2 Å². The predicted octanol–water partition coefficient (Wildman–Crippen LogP) is 3.09. The molecular formula is C13H14F3NO2. The molecule has 1 aromatic heterocycles.